The zero-order chi connectivity index (χ0) is 51.3. The number of carbonyl (C=O) groups excluding carboxylic acids is 2. The van der Waals surface area contributed by atoms with Crippen molar-refractivity contribution in [1.29, 1.82) is 0 Å². The van der Waals surface area contributed by atoms with Crippen molar-refractivity contribution in [3.05, 3.63) is 83.5 Å². The van der Waals surface area contributed by atoms with Crippen LogP contribution >= 0.6 is 15.6 Å². The zero-order valence-electron chi connectivity index (χ0n) is 41.6. The lowest BCUT2D eigenvalue weighted by Gasteiger charge is -2.21. The summed E-state index contributed by atoms with van der Waals surface area (Å²) in [5, 5.41) is 20.9. The predicted octanol–water partition coefficient (Wildman–Crippen LogP) is 10.3. The van der Waals surface area contributed by atoms with Crippen molar-refractivity contribution in [2.24, 2.45) is 0 Å². The molecular weight excluding hydrogens is 945 g/mol. The highest BCUT2D eigenvalue weighted by molar-refractivity contribution is 7.61. The minimum absolute atomic E-state index is 0.0192. The van der Waals surface area contributed by atoms with Crippen molar-refractivity contribution in [3.63, 3.8) is 0 Å². The molecule has 6 N–H and O–H groups in total. The van der Waals surface area contributed by atoms with Gasteiger partial charge in [0.1, 0.15) is 30.7 Å². The molecule has 0 amide bonds. The summed E-state index contributed by atoms with van der Waals surface area (Å²) in [6.07, 6.45) is 37.2. The summed E-state index contributed by atoms with van der Waals surface area (Å²) in [4.78, 5) is 61.9. The number of unbranched alkanes of at least 4 members (excludes halogenated alkanes) is 15. The highest BCUT2D eigenvalue weighted by atomic mass is 31.3. The normalized spacial score (nSPS) is 19.7. The first-order valence-electron chi connectivity index (χ1n) is 25.3. The minimum atomic E-state index is -5.43. The van der Waals surface area contributed by atoms with Gasteiger partial charge in [0.2, 0.25) is 0 Å². The summed E-state index contributed by atoms with van der Waals surface area (Å²) < 4.78 is 56.8. The Morgan fingerprint density at radius 2 is 1.20 bits per heavy atom. The molecule has 0 bridgehead atoms. The number of carbonyl (C=O) groups is 2. The van der Waals surface area contributed by atoms with E-state index in [1.165, 1.54) is 31.7 Å². The number of anilines is 1. The van der Waals surface area contributed by atoms with E-state index in [-0.39, 0.29) is 18.7 Å². The second-order valence-corrected chi connectivity index (χ2v) is 20.3. The smallest absolute Gasteiger partial charge is 0.462 e. The van der Waals surface area contributed by atoms with Crippen LogP contribution in [0.3, 0.4) is 0 Å². The number of nitrogen functional groups attached to an aromatic ring is 1. The van der Waals surface area contributed by atoms with Crippen molar-refractivity contribution >= 4 is 33.4 Å². The first-order chi connectivity index (χ1) is 33.7. The Morgan fingerprint density at radius 1 is 0.700 bits per heavy atom. The zero-order valence-corrected chi connectivity index (χ0v) is 43.3. The number of phosphoric acid groups is 2. The topological polar surface area (TPSA) is 265 Å². The molecule has 2 heterocycles. The Kier molecular flexibility index (Phi) is 34.1. The van der Waals surface area contributed by atoms with Crippen molar-refractivity contribution in [3.8, 4) is 0 Å². The van der Waals surface area contributed by atoms with Crippen molar-refractivity contribution in [1.82, 2.24) is 9.55 Å². The first kappa shape index (κ1) is 62.6. The lowest BCUT2D eigenvalue weighted by Crippen LogP contribution is -2.36. The molecular formula is C50H83N3O15P2. The van der Waals surface area contributed by atoms with Crippen LogP contribution in [0.2, 0.25) is 0 Å². The van der Waals surface area contributed by atoms with Gasteiger partial charge in [-0.2, -0.15) is 9.29 Å². The van der Waals surface area contributed by atoms with Crippen LogP contribution in [0.1, 0.15) is 174 Å². The van der Waals surface area contributed by atoms with E-state index in [1.54, 1.807) is 0 Å². The van der Waals surface area contributed by atoms with Gasteiger partial charge in [-0.05, 0) is 83.1 Å². The number of aliphatic hydroxyl groups is 2. The molecule has 1 aromatic heterocycles. The van der Waals surface area contributed by atoms with Crippen LogP contribution in [0.15, 0.2) is 77.8 Å². The Morgan fingerprint density at radius 3 is 1.77 bits per heavy atom. The SMILES string of the molecule is CCC=CCC=CCC=CCC=CCCCCCCC(=O)O[C@H](COC(=O)CCCCCCCCCC=CCCCCCC)COP(=O)(O)OP(=O)(O)OC[C@H]1O[C@@H](n2ccc(N)nc2=O)C(O)[C@H]1O. The number of hydrogen-bond donors (Lipinski definition) is 5. The van der Waals surface area contributed by atoms with Crippen molar-refractivity contribution in [2.75, 3.05) is 25.6 Å². The predicted molar refractivity (Wildman–Crippen MR) is 270 cm³/mol. The third-order valence-electron chi connectivity index (χ3n) is 11.1. The summed E-state index contributed by atoms with van der Waals surface area (Å²) in [7, 11) is -10.9. The number of aliphatic hydroxyl groups excluding tert-OH is 2. The average molecular weight is 1030 g/mol. The summed E-state index contributed by atoms with van der Waals surface area (Å²) in [6.45, 7) is 2.00. The molecule has 0 aromatic carbocycles. The van der Waals surface area contributed by atoms with Gasteiger partial charge in [0, 0.05) is 19.0 Å². The maximum Gasteiger partial charge on any atom is 0.481 e. The van der Waals surface area contributed by atoms with Gasteiger partial charge in [-0.15, -0.1) is 0 Å². The van der Waals surface area contributed by atoms with Crippen LogP contribution < -0.4 is 11.4 Å². The van der Waals surface area contributed by atoms with Crippen LogP contribution in [0.4, 0.5) is 5.82 Å². The third-order valence-corrected chi connectivity index (χ3v) is 13.7. The molecule has 1 aliphatic rings. The molecule has 2 rings (SSSR count). The van der Waals surface area contributed by atoms with Gasteiger partial charge in [0.15, 0.2) is 12.3 Å². The fourth-order valence-electron chi connectivity index (χ4n) is 7.18. The van der Waals surface area contributed by atoms with Gasteiger partial charge in [0.25, 0.3) is 0 Å². The van der Waals surface area contributed by atoms with Gasteiger partial charge in [-0.1, -0.05) is 139 Å². The second kappa shape index (κ2) is 38.1. The number of esters is 2. The summed E-state index contributed by atoms with van der Waals surface area (Å²) in [6, 6.07) is 1.25. The van der Waals surface area contributed by atoms with Crippen molar-refractivity contribution in [2.45, 2.75) is 199 Å². The van der Waals surface area contributed by atoms with E-state index in [2.05, 4.69) is 83.9 Å². The van der Waals surface area contributed by atoms with E-state index in [9.17, 15) is 43.5 Å². The molecule has 3 unspecified atom stereocenters. The van der Waals surface area contributed by atoms with Gasteiger partial charge < -0.3 is 39.9 Å². The van der Waals surface area contributed by atoms with E-state index >= 15 is 0 Å². The Labute approximate surface area is 415 Å². The number of rotatable bonds is 41. The van der Waals surface area contributed by atoms with E-state index in [0.717, 1.165) is 113 Å². The molecule has 18 nitrogen and oxygen atoms in total. The fraction of sp³-hybridized carbons (Fsp3) is 0.680. The fourth-order valence-corrected chi connectivity index (χ4v) is 9.29. The van der Waals surface area contributed by atoms with Crippen LogP contribution in [-0.4, -0.2) is 85.7 Å². The second-order valence-electron chi connectivity index (χ2n) is 17.3. The summed E-state index contributed by atoms with van der Waals surface area (Å²) in [5.74, 6) is -1.33. The monoisotopic (exact) mass is 1030 g/mol. The lowest BCUT2D eigenvalue weighted by molar-refractivity contribution is -0.161. The molecule has 1 saturated heterocycles. The van der Waals surface area contributed by atoms with E-state index in [1.807, 2.05) is 0 Å². The van der Waals surface area contributed by atoms with Crippen LogP contribution in [0.5, 0.6) is 0 Å². The average Bonchev–Trinajstić information content (AvgIpc) is 3.59. The third kappa shape index (κ3) is 30.4. The highest BCUT2D eigenvalue weighted by Crippen LogP contribution is 2.60. The number of allylic oxidation sites excluding steroid dienone is 10. The standard InChI is InChI=1S/C50H83N3O15P2/c1-3-5-7-9-11-13-15-17-19-20-22-24-26-28-30-32-34-36-46(55)66-42(39-63-45(54)35-33-31-29-27-25-23-21-18-16-14-12-10-8-6-4-2)40-64-69(59,60)68-70(61,62)65-41-43-47(56)48(57)49(67-43)53-38-37-44(51)52-50(53)58/h5,7,11,13-14,16-17,19,22,24,37-38,42-43,47-49,56-57H,3-4,6,8-10,12,15,18,20-21,23,25-36,39-41H2,1-2H3,(H,59,60)(H,61,62)(H2,51,52,58)/t42-,43-,47+,48?,49-/m1/s1. The Bertz CT molecular complexity index is 1910. The molecule has 0 aliphatic carbocycles. The summed E-state index contributed by atoms with van der Waals surface area (Å²) in [5.41, 5.74) is 4.59. The maximum atomic E-state index is 12.9. The molecule has 1 aliphatic heterocycles. The number of nitrogens with two attached hydrogens (primary N) is 1. The molecule has 0 spiro atoms. The van der Waals surface area contributed by atoms with E-state index in [4.69, 9.17) is 29.0 Å². The molecule has 1 fully saturated rings. The molecule has 0 radical (unpaired) electrons. The highest BCUT2D eigenvalue weighted by Gasteiger charge is 2.46. The van der Waals surface area contributed by atoms with E-state index in [0.29, 0.717) is 12.8 Å². The largest absolute Gasteiger partial charge is 0.481 e. The molecule has 1 aromatic rings. The van der Waals surface area contributed by atoms with Crippen molar-refractivity contribution < 1.29 is 66.3 Å². The van der Waals surface area contributed by atoms with Gasteiger partial charge >= 0.3 is 33.3 Å². The Balaban J connectivity index is 1.82. The van der Waals surface area contributed by atoms with Gasteiger partial charge in [0.05, 0.1) is 13.2 Å². The maximum absolute atomic E-state index is 12.9. The Hall–Kier alpha value is -3.54. The number of ether oxygens (including phenoxy) is 3. The van der Waals surface area contributed by atoms with E-state index < -0.39 is 83.7 Å². The van der Waals surface area contributed by atoms with Gasteiger partial charge in [-0.25, -0.2) is 13.9 Å². The van der Waals surface area contributed by atoms with Crippen LogP contribution in [0.25, 0.3) is 0 Å². The molecule has 0 saturated carbocycles. The molecule has 70 heavy (non-hydrogen) atoms. The van der Waals surface area contributed by atoms with Crippen LogP contribution in [-0.2, 0) is 46.3 Å². The number of nitrogens with zero attached hydrogens (tertiary/aromatic N) is 2. The molecule has 20 heteroatoms. The number of phosphoric ester groups is 2. The minimum Gasteiger partial charge on any atom is -0.462 e. The quantitative estimate of drug-likeness (QED) is 0.0177. The number of aromatic nitrogens is 2. The molecule has 398 valence electrons. The van der Waals surface area contributed by atoms with Crippen LogP contribution in [0, 0.1) is 0 Å². The summed E-state index contributed by atoms with van der Waals surface area (Å²) >= 11 is 0. The lowest BCUT2D eigenvalue weighted by atomic mass is 10.1. The number of hydrogen-bond acceptors (Lipinski definition) is 15. The van der Waals surface area contributed by atoms with Gasteiger partial charge in [-0.3, -0.25) is 23.2 Å². The first-order valence-corrected chi connectivity index (χ1v) is 28.3. The molecule has 7 atom stereocenters.